The zero-order valence-electron chi connectivity index (χ0n) is 17.3. The lowest BCUT2D eigenvalue weighted by atomic mass is 10.1. The molecule has 0 bridgehead atoms. The molecule has 2 aromatic rings. The van der Waals surface area contributed by atoms with Gasteiger partial charge in [-0.1, -0.05) is 0 Å². The highest BCUT2D eigenvalue weighted by Gasteiger charge is 2.30. The average molecular weight is 549 g/mol. The second-order valence-electron chi connectivity index (χ2n) is 5.82. The fraction of sp³-hybridized carbons (Fsp3) is 0.400. The fourth-order valence-electron chi connectivity index (χ4n) is 2.97. The van der Waals surface area contributed by atoms with E-state index in [9.17, 15) is 9.59 Å². The molecule has 0 fully saturated rings. The van der Waals surface area contributed by atoms with E-state index >= 15 is 0 Å². The first-order valence-corrected chi connectivity index (χ1v) is 10.6. The predicted molar refractivity (Wildman–Crippen MR) is 118 cm³/mol. The van der Waals surface area contributed by atoms with Crippen LogP contribution in [-0.4, -0.2) is 51.0 Å². The molecule has 0 aliphatic heterocycles. The molecule has 30 heavy (non-hydrogen) atoms. The van der Waals surface area contributed by atoms with Gasteiger partial charge in [0.1, 0.15) is 12.2 Å². The van der Waals surface area contributed by atoms with Crippen molar-refractivity contribution in [2.75, 3.05) is 34.5 Å². The van der Waals surface area contributed by atoms with Gasteiger partial charge in [0.25, 0.3) is 0 Å². The van der Waals surface area contributed by atoms with Gasteiger partial charge < -0.3 is 28.3 Å². The third-order valence-corrected chi connectivity index (χ3v) is 5.77. The Morgan fingerprint density at radius 1 is 0.933 bits per heavy atom. The van der Waals surface area contributed by atoms with Crippen molar-refractivity contribution in [1.82, 2.24) is 4.57 Å². The number of rotatable bonds is 9. The molecular formula is C20H23Br2NO7. The van der Waals surface area contributed by atoms with E-state index in [1.54, 1.807) is 26.0 Å². The second-order valence-corrected chi connectivity index (χ2v) is 7.37. The van der Waals surface area contributed by atoms with Gasteiger partial charge >= 0.3 is 11.9 Å². The molecule has 0 spiro atoms. The number of benzene rings is 1. The van der Waals surface area contributed by atoms with Crippen molar-refractivity contribution < 1.29 is 33.3 Å². The first-order chi connectivity index (χ1) is 14.4. The van der Waals surface area contributed by atoms with E-state index < -0.39 is 11.9 Å². The fourth-order valence-corrected chi connectivity index (χ4v) is 4.73. The minimum atomic E-state index is -0.583. The van der Waals surface area contributed by atoms with Crippen molar-refractivity contribution in [3.05, 3.63) is 26.9 Å². The summed E-state index contributed by atoms with van der Waals surface area (Å²) in [7, 11) is 4.53. The highest BCUT2D eigenvalue weighted by atomic mass is 79.9. The first kappa shape index (κ1) is 24.1. The van der Waals surface area contributed by atoms with E-state index in [1.807, 2.05) is 0 Å². The summed E-state index contributed by atoms with van der Waals surface area (Å²) < 4.78 is 29.0. The summed E-state index contributed by atoms with van der Waals surface area (Å²) in [6.45, 7) is 3.64. The Hall–Kier alpha value is -2.20. The Bertz CT molecular complexity index is 940. The summed E-state index contributed by atoms with van der Waals surface area (Å²) in [5, 5.41) is 0. The van der Waals surface area contributed by atoms with Crippen LogP contribution in [0, 0.1) is 0 Å². The van der Waals surface area contributed by atoms with Gasteiger partial charge in [-0.25, -0.2) is 4.79 Å². The van der Waals surface area contributed by atoms with Gasteiger partial charge in [-0.2, -0.15) is 0 Å². The summed E-state index contributed by atoms with van der Waals surface area (Å²) in [6.07, 6.45) is 0. The van der Waals surface area contributed by atoms with E-state index in [2.05, 4.69) is 31.9 Å². The molecule has 2 rings (SSSR count). The van der Waals surface area contributed by atoms with Crippen molar-refractivity contribution in [3.63, 3.8) is 0 Å². The summed E-state index contributed by atoms with van der Waals surface area (Å²) >= 11 is 7.03. The molecule has 1 aromatic carbocycles. The molecule has 0 atom stereocenters. The molecule has 8 nitrogen and oxygen atoms in total. The van der Waals surface area contributed by atoms with E-state index in [4.69, 9.17) is 23.7 Å². The number of aromatic nitrogens is 1. The van der Waals surface area contributed by atoms with Crippen LogP contribution in [-0.2, 0) is 20.8 Å². The van der Waals surface area contributed by atoms with Crippen LogP contribution >= 0.6 is 31.9 Å². The first-order valence-electron chi connectivity index (χ1n) is 9.05. The molecular weight excluding hydrogens is 526 g/mol. The van der Waals surface area contributed by atoms with Crippen LogP contribution in [0.15, 0.2) is 21.2 Å². The lowest BCUT2D eigenvalue weighted by Gasteiger charge is -2.16. The van der Waals surface area contributed by atoms with Crippen LogP contribution in [0.2, 0.25) is 0 Å². The number of esters is 2. The Kier molecular flexibility index (Phi) is 8.60. The van der Waals surface area contributed by atoms with Crippen molar-refractivity contribution in [3.8, 4) is 28.4 Å². The van der Waals surface area contributed by atoms with Crippen molar-refractivity contribution in [2.24, 2.45) is 0 Å². The number of nitrogens with zero attached hydrogens (tertiary/aromatic N) is 1. The molecule has 1 heterocycles. The maximum absolute atomic E-state index is 12.7. The van der Waals surface area contributed by atoms with Crippen molar-refractivity contribution in [2.45, 2.75) is 20.4 Å². The Labute approximate surface area is 191 Å². The maximum atomic E-state index is 12.7. The topological polar surface area (TPSA) is 85.2 Å². The van der Waals surface area contributed by atoms with Crippen LogP contribution in [0.1, 0.15) is 24.3 Å². The van der Waals surface area contributed by atoms with Crippen LogP contribution < -0.4 is 14.2 Å². The monoisotopic (exact) mass is 547 g/mol. The number of halogens is 2. The highest BCUT2D eigenvalue weighted by Crippen LogP contribution is 2.49. The lowest BCUT2D eigenvalue weighted by molar-refractivity contribution is -0.143. The van der Waals surface area contributed by atoms with Gasteiger partial charge in [0, 0.05) is 11.1 Å². The standard InChI is InChI=1S/C20H23Br2NO7/c1-6-29-13(24)10-23-16(20(25)30-7-2)15(21)14(19(23)22)11-8-9-12(26-3)18(28-5)17(11)27-4/h8-9H,6-7,10H2,1-5H3. The average Bonchev–Trinajstić information content (AvgIpc) is 2.96. The van der Waals surface area contributed by atoms with Crippen molar-refractivity contribution in [1.29, 1.82) is 0 Å². The van der Waals surface area contributed by atoms with Gasteiger partial charge in [-0.05, 0) is 57.8 Å². The molecule has 1 aromatic heterocycles. The van der Waals surface area contributed by atoms with Gasteiger partial charge in [-0.15, -0.1) is 0 Å². The summed E-state index contributed by atoms with van der Waals surface area (Å²) in [5.41, 5.74) is 1.37. The molecule has 0 N–H and O–H groups in total. The number of carbonyl (C=O) groups is 2. The van der Waals surface area contributed by atoms with E-state index in [0.29, 0.717) is 37.5 Å². The minimum absolute atomic E-state index is 0.170. The zero-order valence-corrected chi connectivity index (χ0v) is 20.5. The third-order valence-electron chi connectivity index (χ3n) is 4.18. The third kappa shape index (κ3) is 4.59. The molecule has 0 aliphatic carbocycles. The minimum Gasteiger partial charge on any atom is -0.493 e. The SMILES string of the molecule is CCOC(=O)Cn1c(Br)c(-c2ccc(OC)c(OC)c2OC)c(Br)c1C(=O)OCC. The molecule has 10 heteroatoms. The van der Waals surface area contributed by atoms with Crippen LogP contribution in [0.25, 0.3) is 11.1 Å². The van der Waals surface area contributed by atoms with Gasteiger partial charge in [0.05, 0.1) is 43.6 Å². The van der Waals surface area contributed by atoms with Crippen LogP contribution in [0.5, 0.6) is 17.2 Å². The molecule has 164 valence electrons. The Morgan fingerprint density at radius 3 is 2.10 bits per heavy atom. The van der Waals surface area contributed by atoms with Crippen LogP contribution in [0.3, 0.4) is 0 Å². The van der Waals surface area contributed by atoms with E-state index in [0.717, 1.165) is 0 Å². The summed E-state index contributed by atoms with van der Waals surface area (Å²) in [6, 6.07) is 3.50. The number of hydrogen-bond acceptors (Lipinski definition) is 7. The van der Waals surface area contributed by atoms with E-state index in [-0.39, 0.29) is 25.5 Å². The number of hydrogen-bond donors (Lipinski definition) is 0. The maximum Gasteiger partial charge on any atom is 0.356 e. The number of carbonyl (C=O) groups excluding carboxylic acids is 2. The van der Waals surface area contributed by atoms with E-state index in [1.165, 1.54) is 25.9 Å². The largest absolute Gasteiger partial charge is 0.493 e. The smallest absolute Gasteiger partial charge is 0.356 e. The normalized spacial score (nSPS) is 10.5. The molecule has 0 aliphatic rings. The lowest BCUT2D eigenvalue weighted by Crippen LogP contribution is -2.19. The number of ether oxygens (including phenoxy) is 5. The summed E-state index contributed by atoms with van der Waals surface area (Å²) in [4.78, 5) is 24.8. The molecule has 0 saturated carbocycles. The second kappa shape index (κ2) is 10.7. The van der Waals surface area contributed by atoms with Crippen molar-refractivity contribution >= 4 is 43.8 Å². The quantitative estimate of drug-likeness (QED) is 0.428. The molecule has 0 amide bonds. The van der Waals surface area contributed by atoms with Gasteiger partial charge in [-0.3, -0.25) is 4.79 Å². The summed E-state index contributed by atoms with van der Waals surface area (Å²) in [5.74, 6) is 0.216. The molecule has 0 radical (unpaired) electrons. The highest BCUT2D eigenvalue weighted by molar-refractivity contribution is 9.11. The van der Waals surface area contributed by atoms with Gasteiger partial charge in [0.15, 0.2) is 11.5 Å². The zero-order chi connectivity index (χ0) is 22.4. The molecule has 0 unspecified atom stereocenters. The van der Waals surface area contributed by atoms with Gasteiger partial charge in [0.2, 0.25) is 5.75 Å². The number of methoxy groups -OCH3 is 3. The Morgan fingerprint density at radius 2 is 1.57 bits per heavy atom. The molecule has 0 saturated heterocycles. The Balaban J connectivity index is 2.78. The van der Waals surface area contributed by atoms with Crippen LogP contribution in [0.4, 0.5) is 0 Å². The predicted octanol–water partition coefficient (Wildman–Crippen LogP) is 4.45.